The van der Waals surface area contributed by atoms with E-state index in [1.54, 1.807) is 31.9 Å². The number of imidazole rings is 1. The minimum Gasteiger partial charge on any atom is -0.508 e. The Labute approximate surface area is 653 Å². The van der Waals surface area contributed by atoms with Crippen LogP contribution in [0.1, 0.15) is 174 Å². The number of H-pyrrole nitrogens is 1. The number of aromatic amines is 1. The van der Waals surface area contributed by atoms with Gasteiger partial charge in [0.2, 0.25) is 41.4 Å². The van der Waals surface area contributed by atoms with Gasteiger partial charge in [0.1, 0.15) is 17.8 Å². The second-order valence-electron chi connectivity index (χ2n) is 28.8. The van der Waals surface area contributed by atoms with Crippen LogP contribution in [0.15, 0.2) is 46.8 Å². The summed E-state index contributed by atoms with van der Waals surface area (Å²) in [7, 11) is -5.30. The molecule has 25 N–H and O–H groups in total. The number of ketones is 5. The van der Waals surface area contributed by atoms with Crippen LogP contribution in [0.4, 0.5) is 0 Å². The van der Waals surface area contributed by atoms with E-state index in [-0.39, 0.29) is 119 Å². The number of hydrogen-bond acceptors (Lipinski definition) is 23. The summed E-state index contributed by atoms with van der Waals surface area (Å²) in [6, 6.07) is -3.20. The van der Waals surface area contributed by atoms with Gasteiger partial charge in [-0.2, -0.15) is 11.8 Å². The number of aromatic nitrogens is 2. The first kappa shape index (κ1) is 96.9. The average Bonchev–Trinajstić information content (AvgIpc) is 1.82. The van der Waals surface area contributed by atoms with Crippen molar-refractivity contribution in [2.24, 2.45) is 85.6 Å². The molecule has 36 nitrogen and oxygen atoms in total. The van der Waals surface area contributed by atoms with E-state index in [4.69, 9.17) is 40.1 Å². The number of carbonyl (C=O) groups excluding carboxylic acids is 12. The lowest BCUT2D eigenvalue weighted by molar-refractivity contribution is -0.137. The first-order valence-electron chi connectivity index (χ1n) is 38.1. The number of rotatable bonds is 58. The van der Waals surface area contributed by atoms with Crippen molar-refractivity contribution in [3.05, 3.63) is 48.0 Å². The van der Waals surface area contributed by atoms with Crippen molar-refractivity contribution < 1.29 is 86.6 Å². The molecule has 624 valence electrons. The Kier molecular flexibility index (Phi) is 44.8. The Morgan fingerprint density at radius 1 is 0.649 bits per heavy atom. The number of thioether (sulfide) groups is 1. The summed E-state index contributed by atoms with van der Waals surface area (Å²) in [4.78, 5) is 207. The number of nitrogens with two attached hydrogens (primary N) is 7. The Morgan fingerprint density at radius 2 is 1.20 bits per heavy atom. The van der Waals surface area contributed by atoms with Crippen LogP contribution in [-0.4, -0.2) is 223 Å². The van der Waals surface area contributed by atoms with E-state index in [1.165, 1.54) is 48.6 Å². The number of phosphoric acid groups is 1. The SMILES string of the molecule is CCC(C)[C@H](NC(=O)[C@@H](N)CCCN=C(N)N)C(=O)C[C@H](Cc1cnc[nH]1)C(=O)N[C@@H](CCSC)C(=O)C[C@H](C(=O)N[C@@H](Cc1ccc(O)cc1)C(=O)C[C@@H](CO)C(=O)N[C@@H](CCCCN)C(=O)C[C@@H](CCCN=C(N)N)C(=O)N[C@@H](COP(=O)(O)O)C(=O)CCC(=O)N[C@@H](CCCCN)C(=O)N1CCC[C@H]1C)C(C)C. The number of aliphatic hydroxyl groups excluding tert-OH is 1. The summed E-state index contributed by atoms with van der Waals surface area (Å²) in [5.74, 6) is -14.7. The van der Waals surface area contributed by atoms with Crippen molar-refractivity contribution in [1.82, 2.24) is 46.8 Å². The highest BCUT2D eigenvalue weighted by Crippen LogP contribution is 2.36. The largest absolute Gasteiger partial charge is 0.508 e. The van der Waals surface area contributed by atoms with E-state index in [9.17, 15) is 82.1 Å². The van der Waals surface area contributed by atoms with Gasteiger partial charge < -0.3 is 102 Å². The van der Waals surface area contributed by atoms with Crippen molar-refractivity contribution >= 4 is 102 Å². The molecule has 0 aliphatic carbocycles. The number of hydrogen-bond donors (Lipinski definition) is 18. The molecular formula is C73H123N18O18PS. The molecule has 2 aromatic rings. The number of nitrogens with zero attached hydrogens (tertiary/aromatic N) is 4. The maximum atomic E-state index is 14.8. The molecule has 1 aromatic heterocycles. The van der Waals surface area contributed by atoms with Gasteiger partial charge in [0, 0.05) is 94.3 Å². The van der Waals surface area contributed by atoms with E-state index in [2.05, 4.69) is 56.4 Å². The summed E-state index contributed by atoms with van der Waals surface area (Å²) in [6.45, 7) is 8.03. The lowest BCUT2D eigenvalue weighted by Crippen LogP contribution is -2.52. The summed E-state index contributed by atoms with van der Waals surface area (Å²) in [6.07, 6.45) is 5.62. The molecule has 0 radical (unpaired) electrons. The lowest BCUT2D eigenvalue weighted by Gasteiger charge is -2.28. The van der Waals surface area contributed by atoms with Crippen molar-refractivity contribution in [3.63, 3.8) is 0 Å². The number of phenols is 1. The second-order valence-corrected chi connectivity index (χ2v) is 31.0. The molecule has 1 fully saturated rings. The monoisotopic (exact) mass is 1600 g/mol. The molecule has 2 heterocycles. The lowest BCUT2D eigenvalue weighted by atomic mass is 9.86. The predicted molar refractivity (Wildman–Crippen MR) is 419 cm³/mol. The number of unbranched alkanes of at least 4 members (excludes halogenated alkanes) is 2. The summed E-state index contributed by atoms with van der Waals surface area (Å²) >= 11 is 1.39. The highest BCUT2D eigenvalue weighted by atomic mass is 32.2. The Balaban J connectivity index is 1.94. The normalized spacial score (nSPS) is 16.2. The van der Waals surface area contributed by atoms with Gasteiger partial charge in [0.15, 0.2) is 40.8 Å². The molecule has 111 heavy (non-hydrogen) atoms. The van der Waals surface area contributed by atoms with Gasteiger partial charge in [0.25, 0.3) is 0 Å². The van der Waals surface area contributed by atoms with Crippen molar-refractivity contribution in [1.29, 1.82) is 0 Å². The first-order valence-corrected chi connectivity index (χ1v) is 41.1. The van der Waals surface area contributed by atoms with Crippen molar-refractivity contribution in [3.8, 4) is 5.75 Å². The number of aliphatic imine (C=N–C) groups is 2. The maximum Gasteiger partial charge on any atom is 0.469 e. The van der Waals surface area contributed by atoms with Gasteiger partial charge >= 0.3 is 7.82 Å². The van der Waals surface area contributed by atoms with Gasteiger partial charge in [-0.05, 0) is 151 Å². The van der Waals surface area contributed by atoms with Gasteiger partial charge in [0.05, 0.1) is 61.6 Å². The predicted octanol–water partition coefficient (Wildman–Crippen LogP) is -0.280. The van der Waals surface area contributed by atoms with E-state index >= 15 is 0 Å². The van der Waals surface area contributed by atoms with Crippen LogP contribution in [0.3, 0.4) is 0 Å². The Hall–Kier alpha value is -8.29. The molecule has 7 amide bonds. The molecule has 38 heteroatoms. The first-order chi connectivity index (χ1) is 52.6. The van der Waals surface area contributed by atoms with Crippen LogP contribution in [0, 0.1) is 35.5 Å². The number of likely N-dealkylation sites (tertiary alicyclic amines) is 1. The fourth-order valence-electron chi connectivity index (χ4n) is 12.7. The molecular weight excluding hydrogens is 1480 g/mol. The minimum atomic E-state index is -5.30. The van der Waals surface area contributed by atoms with Crippen LogP contribution in [0.5, 0.6) is 5.75 Å². The Bertz CT molecular complexity index is 3410. The average molecular weight is 1600 g/mol. The third-order valence-corrected chi connectivity index (χ3v) is 20.7. The third-order valence-electron chi connectivity index (χ3n) is 19.6. The van der Waals surface area contributed by atoms with Crippen LogP contribution in [0.2, 0.25) is 0 Å². The van der Waals surface area contributed by atoms with E-state index < -0.39 is 189 Å². The molecule has 1 saturated heterocycles. The molecule has 1 aromatic carbocycles. The van der Waals surface area contributed by atoms with Crippen LogP contribution in [-0.2, 0) is 79.5 Å². The summed E-state index contributed by atoms with van der Waals surface area (Å²) in [5.41, 5.74) is 40.7. The highest BCUT2D eigenvalue weighted by molar-refractivity contribution is 7.98. The standard InChI is InChI=1S/C73H123N18O18PS/c1-7-44(4)65(90-70(104)53(76)17-13-30-83-73(79)80)63(98)36-48(34-50-39-81-42-84-50)67(101)87-55(26-32-111-6)62(97)38-52(43(2)3)69(103)88-57(33-46-20-22-51(93)23-21-46)61(96)37-49(40-92)68(102)86-54(18-8-10-27-74)60(95)35-47(16-12-29-82-72(77)78)66(100)89-58(41-109-110(106,107)108)59(94)24-25-64(99)85-56(19-9-11-28-75)71(105)91-31-14-15-45(91)5/h20-23,39,42-45,47-49,52-58,65,92-93H,7-19,24-38,40-41,74-76H2,1-6H3,(H,81,84)(H,85,99)(H,86,102)(H,87,101)(H,88,103)(H,89,100)(H,90,104)(H4,77,78,82)(H4,79,80,83)(H2,106,107,108)/t44?,45-,47-,48+,49+,52+,53+,54+,55+,56+,57+,58+,65+/m1/s1. The number of benzene rings is 1. The van der Waals surface area contributed by atoms with Gasteiger partial charge in [-0.3, -0.25) is 72.0 Å². The number of Topliss-reactive ketones (excluding diaryl/α,β-unsaturated/α-hetero) is 5. The van der Waals surface area contributed by atoms with E-state index in [1.807, 2.05) is 13.8 Å². The summed E-state index contributed by atoms with van der Waals surface area (Å²) in [5, 5.41) is 37.3. The second kappa shape index (κ2) is 51.4. The maximum absolute atomic E-state index is 14.8. The van der Waals surface area contributed by atoms with Gasteiger partial charge in [-0.15, -0.1) is 0 Å². The molecule has 3 rings (SSSR count). The molecule has 0 bridgehead atoms. The Morgan fingerprint density at radius 3 is 1.75 bits per heavy atom. The van der Waals surface area contributed by atoms with Crippen molar-refractivity contribution in [2.75, 3.05) is 57.9 Å². The molecule has 0 spiro atoms. The third kappa shape index (κ3) is 36.8. The van der Waals surface area contributed by atoms with Crippen LogP contribution < -0.4 is 72.0 Å². The number of phosphoric ester groups is 1. The number of aliphatic hydroxyl groups is 1. The van der Waals surface area contributed by atoms with Crippen LogP contribution in [0.25, 0.3) is 0 Å². The molecule has 0 saturated carbocycles. The smallest absolute Gasteiger partial charge is 0.469 e. The number of nitrogens with one attached hydrogen (secondary N) is 7. The highest BCUT2D eigenvalue weighted by Gasteiger charge is 2.39. The van der Waals surface area contributed by atoms with Crippen molar-refractivity contribution in [2.45, 2.75) is 224 Å². The quantitative estimate of drug-likeness (QED) is 0.0175. The zero-order valence-electron chi connectivity index (χ0n) is 65.0. The number of phenolic OH excluding ortho intramolecular Hbond substituents is 1. The zero-order valence-corrected chi connectivity index (χ0v) is 66.7. The molecule has 13 atom stereocenters. The number of guanidine groups is 2. The molecule has 1 unspecified atom stereocenters. The number of amides is 7. The number of carbonyl (C=O) groups is 12. The molecule has 1 aliphatic heterocycles. The summed E-state index contributed by atoms with van der Waals surface area (Å²) < 4.78 is 16.7. The minimum absolute atomic E-state index is 0.0238. The van der Waals surface area contributed by atoms with Gasteiger partial charge in [-0.1, -0.05) is 46.2 Å². The van der Waals surface area contributed by atoms with E-state index in [0.29, 0.717) is 62.2 Å². The fourth-order valence-corrected chi connectivity index (χ4v) is 13.6. The van der Waals surface area contributed by atoms with Crippen LogP contribution >= 0.6 is 19.6 Å². The fraction of sp³-hybridized carbons (Fsp3) is 0.685. The number of aromatic hydroxyl groups is 1. The van der Waals surface area contributed by atoms with E-state index in [0.717, 1.165) is 12.8 Å². The zero-order chi connectivity index (χ0) is 82.9. The van der Waals surface area contributed by atoms with Gasteiger partial charge in [-0.25, -0.2) is 9.55 Å². The molecule has 1 aliphatic rings. The topological polar surface area (TPSA) is 623 Å².